The van der Waals surface area contributed by atoms with Gasteiger partial charge in [-0.3, -0.25) is 4.79 Å². The second-order valence-electron chi connectivity index (χ2n) is 4.49. The monoisotopic (exact) mass is 252 g/mol. The largest absolute Gasteiger partial charge is 0.398 e. The van der Waals surface area contributed by atoms with Gasteiger partial charge in [0.2, 0.25) is 0 Å². The zero-order valence-corrected chi connectivity index (χ0v) is 11.1. The molecule has 0 fully saturated rings. The molecule has 0 aliphatic heterocycles. The molecule has 18 heavy (non-hydrogen) atoms. The van der Waals surface area contributed by atoms with E-state index in [2.05, 4.69) is 12.2 Å². The number of hydrogen-bond acceptors (Lipinski definition) is 2. The summed E-state index contributed by atoms with van der Waals surface area (Å²) in [5.74, 6) is -0.705. The van der Waals surface area contributed by atoms with Gasteiger partial charge in [0.05, 0.1) is 0 Å². The molecule has 0 heterocycles. The van der Waals surface area contributed by atoms with Gasteiger partial charge in [0.25, 0.3) is 5.91 Å². The van der Waals surface area contributed by atoms with Crippen molar-refractivity contribution >= 4 is 11.6 Å². The Morgan fingerprint density at radius 1 is 1.33 bits per heavy atom. The summed E-state index contributed by atoms with van der Waals surface area (Å²) in [6.07, 6.45) is 4.38. The summed E-state index contributed by atoms with van der Waals surface area (Å²) >= 11 is 0. The number of benzene rings is 1. The smallest absolute Gasteiger partial charge is 0.251 e. The van der Waals surface area contributed by atoms with Crippen LogP contribution in [0.3, 0.4) is 0 Å². The Balaban J connectivity index is 2.52. The van der Waals surface area contributed by atoms with E-state index in [-0.39, 0.29) is 11.5 Å². The zero-order chi connectivity index (χ0) is 13.5. The molecular weight excluding hydrogens is 231 g/mol. The lowest BCUT2D eigenvalue weighted by molar-refractivity contribution is 0.0952. The molecule has 0 aromatic heterocycles. The van der Waals surface area contributed by atoms with E-state index in [0.29, 0.717) is 17.8 Å². The van der Waals surface area contributed by atoms with Crippen molar-refractivity contribution in [2.45, 2.75) is 39.5 Å². The molecule has 1 amide bonds. The molecule has 0 saturated carbocycles. The van der Waals surface area contributed by atoms with Crippen molar-refractivity contribution in [3.8, 4) is 0 Å². The van der Waals surface area contributed by atoms with Gasteiger partial charge in [-0.15, -0.1) is 0 Å². The lowest BCUT2D eigenvalue weighted by Gasteiger charge is -2.08. The molecule has 3 nitrogen and oxygen atoms in total. The molecule has 1 rings (SSSR count). The number of halogens is 1. The Morgan fingerprint density at radius 2 is 2.06 bits per heavy atom. The summed E-state index contributed by atoms with van der Waals surface area (Å²) in [4.78, 5) is 11.8. The molecule has 1 aromatic carbocycles. The highest BCUT2D eigenvalue weighted by Crippen LogP contribution is 2.17. The van der Waals surface area contributed by atoms with Crippen LogP contribution in [-0.4, -0.2) is 12.5 Å². The van der Waals surface area contributed by atoms with Gasteiger partial charge in [0.1, 0.15) is 5.82 Å². The van der Waals surface area contributed by atoms with E-state index in [0.717, 1.165) is 19.3 Å². The van der Waals surface area contributed by atoms with E-state index in [4.69, 9.17) is 5.73 Å². The molecule has 100 valence electrons. The van der Waals surface area contributed by atoms with Gasteiger partial charge in [-0.25, -0.2) is 4.39 Å². The van der Waals surface area contributed by atoms with Crippen LogP contribution in [0.2, 0.25) is 0 Å². The van der Waals surface area contributed by atoms with Crippen molar-refractivity contribution in [1.29, 1.82) is 0 Å². The topological polar surface area (TPSA) is 55.1 Å². The van der Waals surface area contributed by atoms with Crippen LogP contribution in [0.15, 0.2) is 12.1 Å². The summed E-state index contributed by atoms with van der Waals surface area (Å²) < 4.78 is 13.4. The highest BCUT2D eigenvalue weighted by Gasteiger charge is 2.10. The van der Waals surface area contributed by atoms with Crippen molar-refractivity contribution in [2.24, 2.45) is 0 Å². The standard InChI is InChI=1S/C14H21FN2O/c1-3-4-5-6-7-17-14(18)11-8-12(15)10(2)13(16)9-11/h8-9H,3-7,16H2,1-2H3,(H,17,18). The van der Waals surface area contributed by atoms with E-state index in [1.807, 2.05) is 0 Å². The lowest BCUT2D eigenvalue weighted by Crippen LogP contribution is -2.24. The second-order valence-corrected chi connectivity index (χ2v) is 4.49. The maximum atomic E-state index is 13.4. The summed E-state index contributed by atoms with van der Waals surface area (Å²) in [7, 11) is 0. The number of nitrogen functional groups attached to an aromatic ring is 1. The first kappa shape index (κ1) is 14.5. The molecule has 0 bridgehead atoms. The third-order valence-electron chi connectivity index (χ3n) is 2.96. The first-order valence-electron chi connectivity index (χ1n) is 6.40. The fraction of sp³-hybridized carbons (Fsp3) is 0.500. The van der Waals surface area contributed by atoms with Crippen LogP contribution in [0, 0.1) is 12.7 Å². The minimum absolute atomic E-state index is 0.267. The third-order valence-corrected chi connectivity index (χ3v) is 2.96. The Hall–Kier alpha value is -1.58. The predicted octanol–water partition coefficient (Wildman–Crippen LogP) is 3.03. The SMILES string of the molecule is CCCCCCNC(=O)c1cc(N)c(C)c(F)c1. The molecule has 1 aromatic rings. The van der Waals surface area contributed by atoms with Gasteiger partial charge >= 0.3 is 0 Å². The molecule has 0 spiro atoms. The minimum Gasteiger partial charge on any atom is -0.398 e. The summed E-state index contributed by atoms with van der Waals surface area (Å²) in [5.41, 5.74) is 6.61. The Kier molecular flexibility index (Phi) is 5.62. The van der Waals surface area contributed by atoms with Gasteiger partial charge in [-0.2, -0.15) is 0 Å². The third kappa shape index (κ3) is 4.02. The van der Waals surface area contributed by atoms with Crippen LogP contribution in [0.5, 0.6) is 0 Å². The van der Waals surface area contributed by atoms with Crippen LogP contribution < -0.4 is 11.1 Å². The molecule has 0 aliphatic rings. The van der Waals surface area contributed by atoms with Crippen molar-refractivity contribution < 1.29 is 9.18 Å². The van der Waals surface area contributed by atoms with E-state index >= 15 is 0 Å². The minimum atomic E-state index is -0.439. The van der Waals surface area contributed by atoms with Crippen LogP contribution >= 0.6 is 0 Å². The Labute approximate surface area is 108 Å². The number of anilines is 1. The second kappa shape index (κ2) is 6.99. The van der Waals surface area contributed by atoms with Crippen molar-refractivity contribution in [1.82, 2.24) is 5.32 Å². The van der Waals surface area contributed by atoms with Gasteiger partial charge < -0.3 is 11.1 Å². The van der Waals surface area contributed by atoms with Crippen molar-refractivity contribution in [3.63, 3.8) is 0 Å². The van der Waals surface area contributed by atoms with E-state index < -0.39 is 5.82 Å². The number of carbonyl (C=O) groups excluding carboxylic acids is 1. The number of rotatable bonds is 6. The molecular formula is C14H21FN2O. The van der Waals surface area contributed by atoms with Crippen LogP contribution in [0.25, 0.3) is 0 Å². The molecule has 0 saturated heterocycles. The Bertz CT molecular complexity index is 395. The normalized spacial score (nSPS) is 10.4. The van der Waals surface area contributed by atoms with Gasteiger partial charge in [0, 0.05) is 23.4 Å². The molecule has 0 atom stereocenters. The highest BCUT2D eigenvalue weighted by molar-refractivity contribution is 5.95. The molecule has 3 N–H and O–H groups in total. The summed E-state index contributed by atoms with van der Waals surface area (Å²) in [6.45, 7) is 4.35. The number of unbranched alkanes of at least 4 members (excludes halogenated alkanes) is 3. The predicted molar refractivity (Wildman–Crippen MR) is 72.0 cm³/mol. The number of nitrogens with two attached hydrogens (primary N) is 1. The van der Waals surface area contributed by atoms with Crippen LogP contribution in [0.1, 0.15) is 48.5 Å². The van der Waals surface area contributed by atoms with Crippen molar-refractivity contribution in [2.75, 3.05) is 12.3 Å². The summed E-state index contributed by atoms with van der Waals surface area (Å²) in [6, 6.07) is 2.74. The van der Waals surface area contributed by atoms with Crippen molar-refractivity contribution in [3.05, 3.63) is 29.1 Å². The fourth-order valence-corrected chi connectivity index (χ4v) is 1.69. The maximum absolute atomic E-state index is 13.4. The number of nitrogens with one attached hydrogen (secondary N) is 1. The van der Waals surface area contributed by atoms with Gasteiger partial charge in [-0.05, 0) is 25.5 Å². The fourth-order valence-electron chi connectivity index (χ4n) is 1.69. The number of amides is 1. The quantitative estimate of drug-likeness (QED) is 0.604. The number of carbonyl (C=O) groups is 1. The Morgan fingerprint density at radius 3 is 2.67 bits per heavy atom. The van der Waals surface area contributed by atoms with Gasteiger partial charge in [-0.1, -0.05) is 26.2 Å². The maximum Gasteiger partial charge on any atom is 0.251 e. The van der Waals surface area contributed by atoms with Crippen LogP contribution in [-0.2, 0) is 0 Å². The average Bonchev–Trinajstić information content (AvgIpc) is 2.34. The summed E-state index contributed by atoms with van der Waals surface area (Å²) in [5, 5.41) is 2.77. The molecule has 0 unspecified atom stereocenters. The molecule has 4 heteroatoms. The van der Waals surface area contributed by atoms with E-state index in [1.165, 1.54) is 18.6 Å². The van der Waals surface area contributed by atoms with E-state index in [1.54, 1.807) is 6.92 Å². The lowest BCUT2D eigenvalue weighted by atomic mass is 10.1. The highest BCUT2D eigenvalue weighted by atomic mass is 19.1. The van der Waals surface area contributed by atoms with E-state index in [9.17, 15) is 9.18 Å². The van der Waals surface area contributed by atoms with Gasteiger partial charge in [0.15, 0.2) is 0 Å². The average molecular weight is 252 g/mol. The first-order valence-corrected chi connectivity index (χ1v) is 6.40. The molecule has 0 radical (unpaired) electrons. The first-order chi connectivity index (χ1) is 8.56. The number of hydrogen-bond donors (Lipinski definition) is 2. The molecule has 0 aliphatic carbocycles. The zero-order valence-electron chi connectivity index (χ0n) is 11.1. The van der Waals surface area contributed by atoms with Crippen LogP contribution in [0.4, 0.5) is 10.1 Å².